The Balaban J connectivity index is -0.000000161. The molecule has 0 aromatic heterocycles. The highest BCUT2D eigenvalue weighted by molar-refractivity contribution is 5.26. The zero-order chi connectivity index (χ0) is 13.2. The van der Waals surface area contributed by atoms with Gasteiger partial charge in [-0.3, -0.25) is 0 Å². The molecule has 0 saturated carbocycles. The third kappa shape index (κ3) is 40.6. The Hall–Kier alpha value is -2.10. The molecule has 1 aromatic rings. The van der Waals surface area contributed by atoms with E-state index in [-0.39, 0.29) is 0 Å². The molecule has 4 N–H and O–H groups in total. The molecule has 1 aromatic carbocycles. The third-order valence-electron chi connectivity index (χ3n) is 0.940. The number of rotatable bonds is 0. The van der Waals surface area contributed by atoms with Gasteiger partial charge in [-0.25, -0.2) is 20.4 Å². The summed E-state index contributed by atoms with van der Waals surface area (Å²) in [6.45, 7) is 1.33. The van der Waals surface area contributed by atoms with Gasteiger partial charge < -0.3 is 10.2 Å². The highest BCUT2D eigenvalue weighted by Crippen LogP contribution is 1.92. The van der Waals surface area contributed by atoms with Gasteiger partial charge in [0, 0.05) is 0 Å². The lowest BCUT2D eigenvalue weighted by Gasteiger charge is -1.82. The molecule has 0 heterocycles. The van der Waals surface area contributed by atoms with Crippen molar-refractivity contribution in [2.45, 2.75) is 6.92 Å². The van der Waals surface area contributed by atoms with Gasteiger partial charge in [0.15, 0.2) is 0 Å². The van der Waals surface area contributed by atoms with Crippen LogP contribution in [0.25, 0.3) is 0 Å². The number of hydrogen-bond acceptors (Lipinski definition) is 6. The van der Waals surface area contributed by atoms with Crippen LogP contribution in [0.3, 0.4) is 0 Å². The van der Waals surface area contributed by atoms with Gasteiger partial charge >= 0.3 is 0 Å². The number of hydrogen-bond donors (Lipinski definition) is 4. The van der Waals surface area contributed by atoms with Gasteiger partial charge in [0.25, 0.3) is 0 Å². The quantitative estimate of drug-likeness (QED) is 0.296. The molecule has 6 nitrogen and oxygen atoms in total. The maximum Gasteiger partial charge on any atom is 0.231 e. The van der Waals surface area contributed by atoms with Crippen molar-refractivity contribution in [1.29, 1.82) is 10.8 Å². The van der Waals surface area contributed by atoms with Crippen LogP contribution in [-0.4, -0.2) is 29.2 Å². The number of carbonyl (C=O) groups excluding carboxylic acids is 2. The summed E-state index contributed by atoms with van der Waals surface area (Å²) in [4.78, 5) is 16.7. The maximum absolute atomic E-state index is 8.35. The van der Waals surface area contributed by atoms with E-state index in [4.69, 9.17) is 30.6 Å². The topological polar surface area (TPSA) is 122 Å². The Labute approximate surface area is 93.2 Å². The second-order valence-corrected chi connectivity index (χ2v) is 2.00. The molecule has 0 aliphatic rings. The summed E-state index contributed by atoms with van der Waals surface area (Å²) < 4.78 is 0. The smallest absolute Gasteiger partial charge is 0.231 e. The minimum Gasteiger partial charge on any atom is -0.371 e. The molecule has 0 unspecified atom stereocenters. The molecule has 88 valence electrons. The summed E-state index contributed by atoms with van der Waals surface area (Å²) in [6, 6.07) is 10.3. The molecule has 0 aliphatic heterocycles. The van der Waals surface area contributed by atoms with Crippen LogP contribution in [0, 0.1) is 17.7 Å². The Morgan fingerprint density at radius 2 is 1.31 bits per heavy atom. The Bertz CT molecular complexity index is 277. The van der Waals surface area contributed by atoms with E-state index in [0.29, 0.717) is 0 Å². The van der Waals surface area contributed by atoms with Crippen LogP contribution >= 0.6 is 0 Å². The standard InChI is InChI=1S/C7H8.2CHNO.CH4O2/c1-7-5-3-2-4-6-7;3*2-1-3/h2-6H,1H3;2*2H;2-3H,1H2. The number of isocyanates is 2. The van der Waals surface area contributed by atoms with Crippen LogP contribution in [0.15, 0.2) is 30.3 Å². The van der Waals surface area contributed by atoms with Crippen LogP contribution in [0.1, 0.15) is 5.56 Å². The summed E-state index contributed by atoms with van der Waals surface area (Å²) in [5.74, 6) is 0. The number of aliphatic hydroxyl groups is 2. The minimum atomic E-state index is -0.750. The normalized spacial score (nSPS) is 5.94. The van der Waals surface area contributed by atoms with Gasteiger partial charge in [-0.15, -0.1) is 0 Å². The fraction of sp³-hybridized carbons (Fsp3) is 0.200. The van der Waals surface area contributed by atoms with Crippen molar-refractivity contribution in [3.05, 3.63) is 35.9 Å². The first-order chi connectivity index (χ1) is 7.64. The van der Waals surface area contributed by atoms with Crippen molar-refractivity contribution in [2.75, 3.05) is 6.79 Å². The molecule has 0 radical (unpaired) electrons. The molecule has 0 aliphatic carbocycles. The fourth-order valence-corrected chi connectivity index (χ4v) is 0.534. The van der Waals surface area contributed by atoms with Gasteiger partial charge in [-0.1, -0.05) is 35.9 Å². The summed E-state index contributed by atoms with van der Waals surface area (Å²) in [6.07, 6.45) is 1.50. The number of aliphatic hydroxyl groups excluding tert-OH is 1. The molecule has 1 rings (SSSR count). The van der Waals surface area contributed by atoms with E-state index >= 15 is 0 Å². The summed E-state index contributed by atoms with van der Waals surface area (Å²) >= 11 is 0. The van der Waals surface area contributed by atoms with E-state index < -0.39 is 6.79 Å². The van der Waals surface area contributed by atoms with E-state index in [9.17, 15) is 0 Å². The molecule has 0 fully saturated rings. The first-order valence-corrected chi connectivity index (χ1v) is 3.95. The van der Waals surface area contributed by atoms with E-state index in [1.807, 2.05) is 18.2 Å². The predicted octanol–water partition coefficient (Wildman–Crippen LogP) is 0.725. The van der Waals surface area contributed by atoms with Gasteiger partial charge in [-0.05, 0) is 6.92 Å². The van der Waals surface area contributed by atoms with Crippen molar-refractivity contribution < 1.29 is 19.8 Å². The monoisotopic (exact) mass is 226 g/mol. The van der Waals surface area contributed by atoms with Crippen molar-refractivity contribution >= 4 is 12.2 Å². The zero-order valence-electron chi connectivity index (χ0n) is 8.80. The van der Waals surface area contributed by atoms with Gasteiger partial charge in [0.05, 0.1) is 0 Å². The van der Waals surface area contributed by atoms with E-state index in [1.54, 1.807) is 0 Å². The third-order valence-corrected chi connectivity index (χ3v) is 0.940. The first kappa shape index (κ1) is 19.5. The lowest BCUT2D eigenvalue weighted by atomic mass is 10.2. The van der Waals surface area contributed by atoms with Crippen LogP contribution in [-0.2, 0) is 9.59 Å². The summed E-state index contributed by atoms with van der Waals surface area (Å²) in [7, 11) is 0. The number of benzene rings is 1. The second kappa shape index (κ2) is 23.1. The van der Waals surface area contributed by atoms with E-state index in [0.717, 1.165) is 12.2 Å². The highest BCUT2D eigenvalue weighted by Gasteiger charge is 1.72. The van der Waals surface area contributed by atoms with Crippen LogP contribution < -0.4 is 0 Å². The Kier molecular flexibility index (Phi) is 28.1. The molecule has 0 atom stereocenters. The molecule has 0 amide bonds. The number of aryl methyl sites for hydroxylation is 1. The molecule has 0 saturated heterocycles. The van der Waals surface area contributed by atoms with Crippen LogP contribution in [0.4, 0.5) is 0 Å². The lowest BCUT2D eigenvalue weighted by Crippen LogP contribution is -1.66. The second-order valence-electron chi connectivity index (χ2n) is 2.00. The van der Waals surface area contributed by atoms with Gasteiger partial charge in [-0.2, -0.15) is 0 Å². The van der Waals surface area contributed by atoms with Gasteiger partial charge in [0.2, 0.25) is 12.2 Å². The van der Waals surface area contributed by atoms with Crippen molar-refractivity contribution in [3.63, 3.8) is 0 Å². The van der Waals surface area contributed by atoms with Crippen LogP contribution in [0.5, 0.6) is 0 Å². The molecule has 6 heteroatoms. The summed E-state index contributed by atoms with van der Waals surface area (Å²) in [5, 5.41) is 25.1. The molecule has 0 spiro atoms. The highest BCUT2D eigenvalue weighted by atomic mass is 16.5. The van der Waals surface area contributed by atoms with Crippen LogP contribution in [0.2, 0.25) is 0 Å². The van der Waals surface area contributed by atoms with E-state index in [1.165, 1.54) is 5.56 Å². The SMILES string of the molecule is Cc1ccccc1.N=C=O.N=C=O.OCO. The Morgan fingerprint density at radius 3 is 1.44 bits per heavy atom. The van der Waals surface area contributed by atoms with Crippen molar-refractivity contribution in [1.82, 2.24) is 0 Å². The largest absolute Gasteiger partial charge is 0.371 e. The molecule has 16 heavy (non-hydrogen) atoms. The lowest BCUT2D eigenvalue weighted by molar-refractivity contribution is 0.0773. The minimum absolute atomic E-state index is 0.750. The zero-order valence-corrected chi connectivity index (χ0v) is 8.80. The number of nitrogens with one attached hydrogen (secondary N) is 2. The maximum atomic E-state index is 8.35. The van der Waals surface area contributed by atoms with Crippen molar-refractivity contribution in [2.24, 2.45) is 0 Å². The summed E-state index contributed by atoms with van der Waals surface area (Å²) in [5.41, 5.74) is 1.32. The fourth-order valence-electron chi connectivity index (χ4n) is 0.534. The average Bonchev–Trinajstić information content (AvgIpc) is 2.22. The van der Waals surface area contributed by atoms with Gasteiger partial charge in [0.1, 0.15) is 6.79 Å². The first-order valence-electron chi connectivity index (χ1n) is 3.95. The van der Waals surface area contributed by atoms with E-state index in [2.05, 4.69) is 19.1 Å². The molecular weight excluding hydrogens is 212 g/mol. The predicted molar refractivity (Wildman–Crippen MR) is 57.3 cm³/mol. The average molecular weight is 226 g/mol. The molecular formula is C10H14N2O4. The Morgan fingerprint density at radius 1 is 1.06 bits per heavy atom. The van der Waals surface area contributed by atoms with Crippen molar-refractivity contribution in [3.8, 4) is 0 Å². The molecule has 0 bridgehead atoms.